The minimum atomic E-state index is 1.18. The van der Waals surface area contributed by atoms with Crippen LogP contribution in [0, 0.1) is 0 Å². The van der Waals surface area contributed by atoms with E-state index in [-0.39, 0.29) is 0 Å². The Morgan fingerprint density at radius 2 is 1.14 bits per heavy atom. The normalized spacial score (nSPS) is 11.4. The quantitative estimate of drug-likeness (QED) is 0.228. The van der Waals surface area contributed by atoms with Gasteiger partial charge >= 0.3 is 0 Å². The van der Waals surface area contributed by atoms with Gasteiger partial charge in [0.2, 0.25) is 0 Å². The summed E-state index contributed by atoms with van der Waals surface area (Å²) >= 11 is 1.83. The molecule has 0 spiro atoms. The van der Waals surface area contributed by atoms with Gasteiger partial charge in [-0.25, -0.2) is 0 Å². The molecule has 6 aromatic carbocycles. The molecule has 1 heterocycles. The number of hydrogen-bond donors (Lipinski definition) is 0. The van der Waals surface area contributed by atoms with Gasteiger partial charge in [-0.3, -0.25) is 4.98 Å². The molecule has 174 valence electrons. The molecule has 0 radical (unpaired) electrons. The highest BCUT2D eigenvalue weighted by atomic mass is 32.2. The Bertz CT molecular complexity index is 1830. The van der Waals surface area contributed by atoms with Crippen molar-refractivity contribution >= 4 is 44.1 Å². The van der Waals surface area contributed by atoms with Gasteiger partial charge in [0.1, 0.15) is 0 Å². The van der Waals surface area contributed by atoms with Crippen LogP contribution in [0.5, 0.6) is 0 Å². The second-order valence-electron chi connectivity index (χ2n) is 9.19. The van der Waals surface area contributed by atoms with Crippen LogP contribution < -0.4 is 0 Å². The summed E-state index contributed by atoms with van der Waals surface area (Å²) in [6, 6.07) is 45.6. The highest BCUT2D eigenvalue weighted by Crippen LogP contribution is 2.45. The molecule has 0 aliphatic heterocycles. The van der Waals surface area contributed by atoms with Gasteiger partial charge in [0, 0.05) is 27.6 Å². The number of hydrogen-bond acceptors (Lipinski definition) is 2. The summed E-state index contributed by atoms with van der Waals surface area (Å²) in [5, 5.41) is 7.49. The Hall–Kier alpha value is -4.40. The summed E-state index contributed by atoms with van der Waals surface area (Å²) in [4.78, 5) is 7.01. The molecule has 0 aliphatic carbocycles. The second-order valence-corrected chi connectivity index (χ2v) is 10.3. The van der Waals surface area contributed by atoms with Gasteiger partial charge in [0.05, 0.1) is 0 Å². The molecule has 0 bridgehead atoms. The van der Waals surface area contributed by atoms with Crippen molar-refractivity contribution in [2.45, 2.75) is 9.79 Å². The fourth-order valence-corrected chi connectivity index (χ4v) is 6.39. The van der Waals surface area contributed by atoms with Gasteiger partial charge in [-0.05, 0) is 67.4 Å². The van der Waals surface area contributed by atoms with Crippen molar-refractivity contribution in [1.29, 1.82) is 0 Å². The van der Waals surface area contributed by atoms with E-state index >= 15 is 0 Å². The van der Waals surface area contributed by atoms with Crippen LogP contribution in [0.15, 0.2) is 150 Å². The molecular formula is C35H23NS. The zero-order valence-electron chi connectivity index (χ0n) is 20.1. The molecule has 37 heavy (non-hydrogen) atoms. The number of pyridine rings is 1. The lowest BCUT2D eigenvalue weighted by Gasteiger charge is -2.17. The Balaban J connectivity index is 1.36. The number of aromatic nitrogens is 1. The van der Waals surface area contributed by atoms with Crippen molar-refractivity contribution in [3.05, 3.63) is 140 Å². The summed E-state index contributed by atoms with van der Waals surface area (Å²) in [6.45, 7) is 0. The smallest absolute Gasteiger partial charge is 0.0353 e. The summed E-state index contributed by atoms with van der Waals surface area (Å²) in [7, 11) is 0. The van der Waals surface area contributed by atoms with Gasteiger partial charge in [-0.2, -0.15) is 0 Å². The van der Waals surface area contributed by atoms with Crippen LogP contribution in [0.4, 0.5) is 0 Å². The minimum absolute atomic E-state index is 1.18. The molecule has 0 aliphatic rings. The number of rotatable bonds is 4. The highest BCUT2D eigenvalue weighted by Gasteiger charge is 2.16. The van der Waals surface area contributed by atoms with Crippen molar-refractivity contribution in [3.63, 3.8) is 0 Å². The molecule has 0 unspecified atom stereocenters. The summed E-state index contributed by atoms with van der Waals surface area (Å²) < 4.78 is 0. The summed E-state index contributed by atoms with van der Waals surface area (Å²) in [5.74, 6) is 0. The van der Waals surface area contributed by atoms with E-state index in [1.807, 2.05) is 24.2 Å². The van der Waals surface area contributed by atoms with Crippen LogP contribution in [0.3, 0.4) is 0 Å². The largest absolute Gasteiger partial charge is 0.264 e. The van der Waals surface area contributed by atoms with E-state index in [0.29, 0.717) is 0 Å². The molecule has 1 aromatic heterocycles. The lowest BCUT2D eigenvalue weighted by atomic mass is 9.93. The Kier molecular flexibility index (Phi) is 5.45. The molecular weight excluding hydrogens is 466 g/mol. The summed E-state index contributed by atoms with van der Waals surface area (Å²) in [5.41, 5.74) is 4.96. The Morgan fingerprint density at radius 1 is 0.459 bits per heavy atom. The van der Waals surface area contributed by atoms with E-state index < -0.39 is 0 Å². The van der Waals surface area contributed by atoms with Crippen LogP contribution in [0.2, 0.25) is 0 Å². The van der Waals surface area contributed by atoms with Crippen molar-refractivity contribution in [3.8, 4) is 22.3 Å². The molecule has 1 nitrogen and oxygen atoms in total. The van der Waals surface area contributed by atoms with E-state index in [1.165, 1.54) is 64.4 Å². The van der Waals surface area contributed by atoms with E-state index in [2.05, 4.69) is 132 Å². The average molecular weight is 490 g/mol. The van der Waals surface area contributed by atoms with Crippen LogP contribution in [0.25, 0.3) is 54.6 Å². The van der Waals surface area contributed by atoms with Crippen LogP contribution >= 0.6 is 11.8 Å². The second kappa shape index (κ2) is 9.24. The van der Waals surface area contributed by atoms with Gasteiger partial charge in [0.15, 0.2) is 0 Å². The monoisotopic (exact) mass is 489 g/mol. The maximum atomic E-state index is 4.51. The van der Waals surface area contributed by atoms with Gasteiger partial charge in [-0.1, -0.05) is 121 Å². The summed E-state index contributed by atoms with van der Waals surface area (Å²) in [6.07, 6.45) is 3.91. The highest BCUT2D eigenvalue weighted by molar-refractivity contribution is 7.99. The van der Waals surface area contributed by atoms with Crippen LogP contribution in [0.1, 0.15) is 0 Å². The first-order valence-corrected chi connectivity index (χ1v) is 13.3. The third-order valence-electron chi connectivity index (χ3n) is 7.01. The average Bonchev–Trinajstić information content (AvgIpc) is 2.98. The van der Waals surface area contributed by atoms with Crippen molar-refractivity contribution < 1.29 is 0 Å². The van der Waals surface area contributed by atoms with Crippen molar-refractivity contribution in [2.75, 3.05) is 0 Å². The van der Waals surface area contributed by atoms with E-state index in [0.717, 1.165) is 0 Å². The molecule has 0 atom stereocenters. The lowest BCUT2D eigenvalue weighted by Crippen LogP contribution is -1.90. The van der Waals surface area contributed by atoms with E-state index in [9.17, 15) is 0 Å². The van der Waals surface area contributed by atoms with E-state index in [1.54, 1.807) is 0 Å². The van der Waals surface area contributed by atoms with Gasteiger partial charge < -0.3 is 0 Å². The number of fused-ring (bicyclic) bond motifs is 3. The molecule has 0 fully saturated rings. The fourth-order valence-electron chi connectivity index (χ4n) is 5.30. The van der Waals surface area contributed by atoms with Crippen molar-refractivity contribution in [1.82, 2.24) is 4.98 Å². The molecule has 2 heteroatoms. The molecule has 0 saturated carbocycles. The number of benzene rings is 6. The fraction of sp³-hybridized carbons (Fsp3) is 0. The first-order chi connectivity index (χ1) is 18.4. The van der Waals surface area contributed by atoms with E-state index in [4.69, 9.17) is 0 Å². The maximum absolute atomic E-state index is 4.51. The molecule has 0 amide bonds. The predicted molar refractivity (Wildman–Crippen MR) is 158 cm³/mol. The minimum Gasteiger partial charge on any atom is -0.264 e. The first kappa shape index (κ1) is 21.8. The molecule has 7 rings (SSSR count). The zero-order chi connectivity index (χ0) is 24.6. The zero-order valence-corrected chi connectivity index (χ0v) is 21.0. The first-order valence-electron chi connectivity index (χ1n) is 12.5. The third-order valence-corrected chi connectivity index (χ3v) is 8.17. The lowest BCUT2D eigenvalue weighted by molar-refractivity contribution is 1.36. The van der Waals surface area contributed by atoms with Crippen LogP contribution in [-0.2, 0) is 0 Å². The SMILES string of the molecule is c1ccc(-c2c3ccccc3c(Sc3ccc(-c4cccc5ccccc45)cc3)c3ccncc23)cc1. The Morgan fingerprint density at radius 3 is 1.97 bits per heavy atom. The maximum Gasteiger partial charge on any atom is 0.0353 e. The molecule has 0 N–H and O–H groups in total. The standard InChI is InChI=1S/C35H23NS/c1-2-10-26(11-3-1)34-30-14-6-7-15-31(30)35(32-21-22-36-23-33(32)34)37-27-19-17-25(18-20-27)29-16-8-12-24-9-4-5-13-28(24)29/h1-23H. The van der Waals surface area contributed by atoms with Gasteiger partial charge in [-0.15, -0.1) is 0 Å². The number of nitrogens with zero attached hydrogens (tertiary/aromatic N) is 1. The van der Waals surface area contributed by atoms with Crippen molar-refractivity contribution in [2.24, 2.45) is 0 Å². The predicted octanol–water partition coefficient (Wildman–Crippen LogP) is 10.0. The Labute approximate surface area is 220 Å². The van der Waals surface area contributed by atoms with Gasteiger partial charge in [0.25, 0.3) is 0 Å². The molecule has 7 aromatic rings. The van der Waals surface area contributed by atoms with Crippen LogP contribution in [-0.4, -0.2) is 4.98 Å². The third kappa shape index (κ3) is 3.87. The molecule has 0 saturated heterocycles. The topological polar surface area (TPSA) is 12.9 Å².